The fraction of sp³-hybridized carbons (Fsp3) is 0. The second-order valence-corrected chi connectivity index (χ2v) is 4.84. The number of hydrogen-bond acceptors (Lipinski definition) is 0. The normalized spacial score (nSPS) is 10.9. The minimum absolute atomic E-state index is 0.714. The summed E-state index contributed by atoms with van der Waals surface area (Å²) in [6.07, 6.45) is 0. The molecule has 0 N–H and O–H groups in total. The maximum atomic E-state index is 5.82. The van der Waals surface area contributed by atoms with Crippen LogP contribution in [0.2, 0.25) is 5.02 Å². The van der Waals surface area contributed by atoms with Gasteiger partial charge in [0.05, 0.1) is 0 Å². The van der Waals surface area contributed by atoms with E-state index in [0.29, 0.717) is 8.58 Å². The molecule has 0 fully saturated rings. The number of hydrogen-bond donors (Lipinski definition) is 0. The summed E-state index contributed by atoms with van der Waals surface area (Å²) in [7, 11) is 0.714. The van der Waals surface area contributed by atoms with Crippen molar-refractivity contribution in [1.82, 2.24) is 0 Å². The van der Waals surface area contributed by atoms with E-state index in [2.05, 4.69) is 36.4 Å². The van der Waals surface area contributed by atoms with Gasteiger partial charge in [-0.05, 0) is 22.7 Å². The van der Waals surface area contributed by atoms with Gasteiger partial charge in [-0.25, -0.2) is 0 Å². The van der Waals surface area contributed by atoms with Gasteiger partial charge in [-0.3, -0.25) is 0 Å². The van der Waals surface area contributed by atoms with Crippen LogP contribution >= 0.6 is 20.2 Å². The van der Waals surface area contributed by atoms with Gasteiger partial charge in [0.1, 0.15) is 0 Å². The minimum Gasteiger partial charge on any atom is -0.0843 e. The van der Waals surface area contributed by atoms with Gasteiger partial charge in [-0.2, -0.15) is 0 Å². The Morgan fingerprint density at radius 3 is 1.93 bits per heavy atom. The van der Waals surface area contributed by atoms with Crippen molar-refractivity contribution in [3.8, 4) is 0 Å². The molecular formula is C12H10ClP. The van der Waals surface area contributed by atoms with Gasteiger partial charge in [-0.1, -0.05) is 62.6 Å². The summed E-state index contributed by atoms with van der Waals surface area (Å²) in [5, 5.41) is 3.47. The zero-order valence-corrected chi connectivity index (χ0v) is 9.33. The highest BCUT2D eigenvalue weighted by atomic mass is 35.5. The van der Waals surface area contributed by atoms with Gasteiger partial charge in [0.25, 0.3) is 0 Å². The lowest BCUT2D eigenvalue weighted by Crippen LogP contribution is -2.01. The average molecular weight is 221 g/mol. The van der Waals surface area contributed by atoms with E-state index >= 15 is 0 Å². The molecule has 2 aromatic rings. The van der Waals surface area contributed by atoms with Crippen LogP contribution in [0, 0.1) is 0 Å². The summed E-state index contributed by atoms with van der Waals surface area (Å²) >= 11 is 5.82. The quantitative estimate of drug-likeness (QED) is 0.683. The van der Waals surface area contributed by atoms with Crippen molar-refractivity contribution >= 4 is 30.8 Å². The van der Waals surface area contributed by atoms with Gasteiger partial charge in [0.2, 0.25) is 0 Å². The van der Waals surface area contributed by atoms with Crippen LogP contribution in [0.3, 0.4) is 0 Å². The Hall–Kier alpha value is -0.840. The summed E-state index contributed by atoms with van der Waals surface area (Å²) < 4.78 is 0. The van der Waals surface area contributed by atoms with Crippen LogP contribution in [0.1, 0.15) is 0 Å². The molecule has 0 saturated carbocycles. The largest absolute Gasteiger partial charge is 0.0843 e. The first-order valence-corrected chi connectivity index (χ1v) is 5.80. The van der Waals surface area contributed by atoms with Gasteiger partial charge in [0.15, 0.2) is 0 Å². The lowest BCUT2D eigenvalue weighted by Gasteiger charge is -2.01. The van der Waals surface area contributed by atoms with Crippen LogP contribution < -0.4 is 10.6 Å². The monoisotopic (exact) mass is 220 g/mol. The number of rotatable bonds is 2. The molecule has 0 heterocycles. The van der Waals surface area contributed by atoms with E-state index in [0.717, 1.165) is 5.02 Å². The van der Waals surface area contributed by atoms with E-state index in [1.807, 2.05) is 18.2 Å². The molecule has 0 nitrogen and oxygen atoms in total. The highest BCUT2D eigenvalue weighted by molar-refractivity contribution is 7.55. The summed E-state index contributed by atoms with van der Waals surface area (Å²) in [5.74, 6) is 0. The summed E-state index contributed by atoms with van der Waals surface area (Å²) in [6.45, 7) is 0. The van der Waals surface area contributed by atoms with E-state index in [1.54, 1.807) is 0 Å². The van der Waals surface area contributed by atoms with Crippen LogP contribution in [0.4, 0.5) is 0 Å². The van der Waals surface area contributed by atoms with Gasteiger partial charge in [-0.15, -0.1) is 0 Å². The molecule has 0 amide bonds. The maximum Gasteiger partial charge on any atom is 0.0406 e. The predicted molar refractivity (Wildman–Crippen MR) is 65.5 cm³/mol. The van der Waals surface area contributed by atoms with Crippen molar-refractivity contribution in [2.75, 3.05) is 0 Å². The molecule has 0 radical (unpaired) electrons. The van der Waals surface area contributed by atoms with E-state index in [1.165, 1.54) is 10.6 Å². The molecule has 0 aliphatic heterocycles. The van der Waals surface area contributed by atoms with E-state index in [9.17, 15) is 0 Å². The van der Waals surface area contributed by atoms with Gasteiger partial charge < -0.3 is 0 Å². The Morgan fingerprint density at radius 1 is 0.714 bits per heavy atom. The molecule has 70 valence electrons. The van der Waals surface area contributed by atoms with Crippen molar-refractivity contribution in [3.63, 3.8) is 0 Å². The topological polar surface area (TPSA) is 0 Å². The molecule has 0 aliphatic carbocycles. The Balaban J connectivity index is 2.16. The molecule has 0 bridgehead atoms. The minimum atomic E-state index is 0.714. The first-order valence-electron chi connectivity index (χ1n) is 4.42. The molecule has 1 atom stereocenters. The van der Waals surface area contributed by atoms with Crippen LogP contribution in [0.15, 0.2) is 54.6 Å². The molecule has 2 aromatic carbocycles. The third-order valence-corrected chi connectivity index (χ3v) is 3.40. The fourth-order valence-corrected chi connectivity index (χ4v) is 2.37. The van der Waals surface area contributed by atoms with Gasteiger partial charge in [0, 0.05) is 5.02 Å². The average Bonchev–Trinajstić information content (AvgIpc) is 2.23. The lowest BCUT2D eigenvalue weighted by atomic mass is 10.4. The molecule has 0 aliphatic rings. The van der Waals surface area contributed by atoms with E-state index < -0.39 is 0 Å². The first kappa shape index (κ1) is 9.71. The summed E-state index contributed by atoms with van der Waals surface area (Å²) in [5.41, 5.74) is 0. The van der Waals surface area contributed by atoms with Crippen LogP contribution in [-0.4, -0.2) is 0 Å². The fourth-order valence-electron chi connectivity index (χ4n) is 1.22. The number of benzene rings is 2. The summed E-state index contributed by atoms with van der Waals surface area (Å²) in [4.78, 5) is 0. The smallest absolute Gasteiger partial charge is 0.0406 e. The third-order valence-electron chi connectivity index (χ3n) is 1.91. The van der Waals surface area contributed by atoms with Crippen molar-refractivity contribution in [2.45, 2.75) is 0 Å². The van der Waals surface area contributed by atoms with Crippen LogP contribution in [-0.2, 0) is 0 Å². The van der Waals surface area contributed by atoms with E-state index in [-0.39, 0.29) is 0 Å². The molecule has 0 aromatic heterocycles. The molecule has 0 spiro atoms. The molecule has 2 rings (SSSR count). The molecular weight excluding hydrogens is 211 g/mol. The molecule has 14 heavy (non-hydrogen) atoms. The Bertz CT molecular complexity index is 394. The zero-order valence-electron chi connectivity index (χ0n) is 7.57. The Labute approximate surface area is 90.7 Å². The van der Waals surface area contributed by atoms with Crippen LogP contribution in [0.5, 0.6) is 0 Å². The number of halogens is 1. The lowest BCUT2D eigenvalue weighted by molar-refractivity contribution is 1.76. The first-order chi connectivity index (χ1) is 6.84. The predicted octanol–water partition coefficient (Wildman–Crippen LogP) is 2.97. The molecule has 1 unspecified atom stereocenters. The van der Waals surface area contributed by atoms with Gasteiger partial charge >= 0.3 is 0 Å². The standard InChI is InChI=1S/C12H10ClP/c13-10-6-8-12(9-7-10)14-11-4-2-1-3-5-11/h1-9,14H. The van der Waals surface area contributed by atoms with Crippen molar-refractivity contribution < 1.29 is 0 Å². The zero-order chi connectivity index (χ0) is 9.80. The Kier molecular flexibility index (Phi) is 3.18. The molecule has 2 heteroatoms. The Morgan fingerprint density at radius 2 is 1.29 bits per heavy atom. The second-order valence-electron chi connectivity index (χ2n) is 3.00. The van der Waals surface area contributed by atoms with Crippen molar-refractivity contribution in [1.29, 1.82) is 0 Å². The highest BCUT2D eigenvalue weighted by Crippen LogP contribution is 2.12. The summed E-state index contributed by atoms with van der Waals surface area (Å²) in [6, 6.07) is 18.5. The van der Waals surface area contributed by atoms with E-state index in [4.69, 9.17) is 11.6 Å². The van der Waals surface area contributed by atoms with Crippen molar-refractivity contribution in [3.05, 3.63) is 59.6 Å². The maximum absolute atomic E-state index is 5.82. The SMILES string of the molecule is Clc1ccc(Pc2ccccc2)cc1. The van der Waals surface area contributed by atoms with Crippen molar-refractivity contribution in [2.24, 2.45) is 0 Å². The third kappa shape index (κ3) is 2.57. The highest BCUT2D eigenvalue weighted by Gasteiger charge is 1.94. The molecule has 0 saturated heterocycles. The second kappa shape index (κ2) is 4.59. The van der Waals surface area contributed by atoms with Crippen LogP contribution in [0.25, 0.3) is 0 Å².